The largest absolute Gasteiger partial charge is 0.489 e. The first-order chi connectivity index (χ1) is 9.00. The Morgan fingerprint density at radius 1 is 1.16 bits per heavy atom. The molecule has 4 nitrogen and oxygen atoms in total. The van der Waals surface area contributed by atoms with Crippen molar-refractivity contribution in [2.45, 2.75) is 32.5 Å². The van der Waals surface area contributed by atoms with Gasteiger partial charge >= 0.3 is 0 Å². The van der Waals surface area contributed by atoms with Gasteiger partial charge in [0, 0.05) is 29.7 Å². The van der Waals surface area contributed by atoms with Gasteiger partial charge in [0.25, 0.3) is 0 Å². The summed E-state index contributed by atoms with van der Waals surface area (Å²) in [5.41, 5.74) is 0.259. The van der Waals surface area contributed by atoms with E-state index in [0.29, 0.717) is 11.3 Å². The van der Waals surface area contributed by atoms with Crippen LogP contribution < -0.4 is 4.74 Å². The molecule has 1 atom stereocenters. The summed E-state index contributed by atoms with van der Waals surface area (Å²) in [4.78, 5) is 8.16. The van der Waals surface area contributed by atoms with E-state index in [1.165, 1.54) is 0 Å². The summed E-state index contributed by atoms with van der Waals surface area (Å²) < 4.78 is 5.60. The maximum absolute atomic E-state index is 10.7. The van der Waals surface area contributed by atoms with E-state index in [9.17, 15) is 5.11 Å². The Morgan fingerprint density at radius 2 is 1.89 bits per heavy atom. The summed E-state index contributed by atoms with van der Waals surface area (Å²) in [7, 11) is 0. The fraction of sp³-hybridized carbons (Fsp3) is 0.333. The molecule has 0 aliphatic carbocycles. The molecule has 0 aliphatic heterocycles. The molecule has 0 fully saturated rings. The van der Waals surface area contributed by atoms with Crippen molar-refractivity contribution in [3.8, 4) is 5.75 Å². The Balaban J connectivity index is 2.35. The van der Waals surface area contributed by atoms with Crippen molar-refractivity contribution in [1.29, 1.82) is 0 Å². The topological polar surface area (TPSA) is 55.2 Å². The van der Waals surface area contributed by atoms with Crippen molar-refractivity contribution in [1.82, 2.24) is 9.97 Å². The van der Waals surface area contributed by atoms with Gasteiger partial charge in [0.2, 0.25) is 0 Å². The van der Waals surface area contributed by atoms with Gasteiger partial charge in [-0.2, -0.15) is 0 Å². The molecule has 0 saturated carbocycles. The Kier molecular flexibility index (Phi) is 3.81. The average Bonchev–Trinajstić information content (AvgIpc) is 2.39. The summed E-state index contributed by atoms with van der Waals surface area (Å²) in [6.45, 7) is 5.62. The van der Waals surface area contributed by atoms with Gasteiger partial charge in [-0.05, 0) is 32.9 Å². The zero-order chi connectivity index (χ0) is 13.9. The zero-order valence-corrected chi connectivity index (χ0v) is 11.4. The van der Waals surface area contributed by atoms with Crippen LogP contribution >= 0.6 is 0 Å². The monoisotopic (exact) mass is 258 g/mol. The van der Waals surface area contributed by atoms with Crippen LogP contribution in [0.5, 0.6) is 5.75 Å². The Labute approximate surface area is 113 Å². The average molecular weight is 258 g/mol. The second-order valence-corrected chi connectivity index (χ2v) is 4.89. The molecule has 0 aromatic carbocycles. The number of aromatic nitrogens is 2. The molecular formula is C15H18N2O2. The maximum atomic E-state index is 10.7. The van der Waals surface area contributed by atoms with E-state index in [0.717, 1.165) is 5.56 Å². The minimum absolute atomic E-state index is 0.0698. The molecule has 0 saturated heterocycles. The molecule has 0 aliphatic rings. The van der Waals surface area contributed by atoms with Crippen LogP contribution in [-0.2, 0) is 5.60 Å². The minimum atomic E-state index is -1.14. The molecule has 100 valence electrons. The van der Waals surface area contributed by atoms with E-state index in [1.54, 1.807) is 43.8 Å². The van der Waals surface area contributed by atoms with E-state index in [-0.39, 0.29) is 6.10 Å². The van der Waals surface area contributed by atoms with E-state index >= 15 is 0 Å². The van der Waals surface area contributed by atoms with Gasteiger partial charge in [-0.3, -0.25) is 9.97 Å². The van der Waals surface area contributed by atoms with Crippen LogP contribution in [0.3, 0.4) is 0 Å². The highest BCUT2D eigenvalue weighted by Crippen LogP contribution is 2.29. The van der Waals surface area contributed by atoms with Gasteiger partial charge < -0.3 is 9.84 Å². The molecule has 0 bridgehead atoms. The summed E-state index contributed by atoms with van der Waals surface area (Å²) in [5, 5.41) is 10.7. The number of nitrogens with zero attached hydrogens (tertiary/aromatic N) is 2. The number of aliphatic hydroxyl groups is 1. The number of pyridine rings is 2. The first kappa shape index (κ1) is 13.5. The van der Waals surface area contributed by atoms with E-state index in [4.69, 9.17) is 4.74 Å². The van der Waals surface area contributed by atoms with Crippen molar-refractivity contribution in [3.05, 3.63) is 54.1 Å². The van der Waals surface area contributed by atoms with Crippen LogP contribution in [-0.4, -0.2) is 21.2 Å². The fourth-order valence-electron chi connectivity index (χ4n) is 1.84. The molecule has 2 aromatic rings. The van der Waals surface area contributed by atoms with Crippen molar-refractivity contribution in [2.24, 2.45) is 0 Å². The smallest absolute Gasteiger partial charge is 0.138 e. The normalized spacial score (nSPS) is 14.2. The van der Waals surface area contributed by atoms with E-state index < -0.39 is 5.60 Å². The molecular weight excluding hydrogens is 240 g/mol. The highest BCUT2D eigenvalue weighted by atomic mass is 16.5. The Bertz CT molecular complexity index is 539. The number of rotatable bonds is 4. The van der Waals surface area contributed by atoms with Gasteiger partial charge in [0.05, 0.1) is 12.3 Å². The number of ether oxygens (including phenoxy) is 1. The third kappa shape index (κ3) is 3.09. The second-order valence-electron chi connectivity index (χ2n) is 4.89. The van der Waals surface area contributed by atoms with Gasteiger partial charge in [0.1, 0.15) is 11.4 Å². The number of hydrogen-bond donors (Lipinski definition) is 1. The first-order valence-corrected chi connectivity index (χ1v) is 6.25. The molecule has 19 heavy (non-hydrogen) atoms. The molecule has 2 aromatic heterocycles. The van der Waals surface area contributed by atoms with E-state index in [1.807, 2.05) is 19.9 Å². The van der Waals surface area contributed by atoms with Crippen molar-refractivity contribution in [2.75, 3.05) is 0 Å². The van der Waals surface area contributed by atoms with Gasteiger partial charge in [-0.15, -0.1) is 0 Å². The summed E-state index contributed by atoms with van der Waals surface area (Å²) in [5.74, 6) is 0.650. The van der Waals surface area contributed by atoms with Crippen molar-refractivity contribution >= 4 is 0 Å². The van der Waals surface area contributed by atoms with Gasteiger partial charge in [0.15, 0.2) is 0 Å². The van der Waals surface area contributed by atoms with Crippen LogP contribution in [0, 0.1) is 0 Å². The molecule has 2 rings (SSSR count). The summed E-state index contributed by atoms with van der Waals surface area (Å²) in [6.07, 6.45) is 6.68. The van der Waals surface area contributed by atoms with Crippen LogP contribution in [0.1, 0.15) is 31.9 Å². The van der Waals surface area contributed by atoms with E-state index in [2.05, 4.69) is 9.97 Å². The molecule has 1 N–H and O–H groups in total. The SMILES string of the molecule is CC(C)Oc1cncc(C(C)(O)c2cccnc2)c1. The summed E-state index contributed by atoms with van der Waals surface area (Å²) in [6, 6.07) is 5.44. The zero-order valence-electron chi connectivity index (χ0n) is 11.4. The summed E-state index contributed by atoms with van der Waals surface area (Å²) >= 11 is 0. The molecule has 1 unspecified atom stereocenters. The molecule has 0 amide bonds. The fourth-order valence-corrected chi connectivity index (χ4v) is 1.84. The van der Waals surface area contributed by atoms with Crippen molar-refractivity contribution in [3.63, 3.8) is 0 Å². The predicted octanol–water partition coefficient (Wildman–Crippen LogP) is 2.52. The quantitative estimate of drug-likeness (QED) is 0.915. The lowest BCUT2D eigenvalue weighted by atomic mass is 9.90. The minimum Gasteiger partial charge on any atom is -0.489 e. The molecule has 0 radical (unpaired) electrons. The third-order valence-corrected chi connectivity index (χ3v) is 2.87. The lowest BCUT2D eigenvalue weighted by Crippen LogP contribution is -2.23. The predicted molar refractivity (Wildman–Crippen MR) is 72.9 cm³/mol. The molecule has 2 heterocycles. The lowest BCUT2D eigenvalue weighted by Gasteiger charge is -2.24. The third-order valence-electron chi connectivity index (χ3n) is 2.87. The van der Waals surface area contributed by atoms with Crippen molar-refractivity contribution < 1.29 is 9.84 Å². The highest BCUT2D eigenvalue weighted by Gasteiger charge is 2.26. The lowest BCUT2D eigenvalue weighted by molar-refractivity contribution is 0.101. The Hall–Kier alpha value is -1.94. The van der Waals surface area contributed by atoms with Crippen LogP contribution in [0.2, 0.25) is 0 Å². The highest BCUT2D eigenvalue weighted by molar-refractivity contribution is 5.35. The number of hydrogen-bond acceptors (Lipinski definition) is 4. The van der Waals surface area contributed by atoms with Crippen LogP contribution in [0.25, 0.3) is 0 Å². The standard InChI is InChI=1S/C15H18N2O2/c1-11(2)19-14-7-13(9-17-10-14)15(3,18)12-5-4-6-16-8-12/h4-11,18H,1-3H3. The van der Waals surface area contributed by atoms with Gasteiger partial charge in [-0.25, -0.2) is 0 Å². The van der Waals surface area contributed by atoms with Crippen LogP contribution in [0.15, 0.2) is 43.0 Å². The van der Waals surface area contributed by atoms with Gasteiger partial charge in [-0.1, -0.05) is 6.07 Å². The molecule has 4 heteroatoms. The molecule has 0 spiro atoms. The second kappa shape index (κ2) is 5.36. The Morgan fingerprint density at radius 3 is 2.53 bits per heavy atom. The maximum Gasteiger partial charge on any atom is 0.138 e. The van der Waals surface area contributed by atoms with Crippen LogP contribution in [0.4, 0.5) is 0 Å². The first-order valence-electron chi connectivity index (χ1n) is 6.25.